The summed E-state index contributed by atoms with van der Waals surface area (Å²) in [5.41, 5.74) is 0. The molecular formula is C7H10ClNOS. The number of ether oxygens (including phenoxy) is 1. The Hall–Kier alpha value is -0.120. The maximum atomic E-state index is 5.61. The third-order valence-electron chi connectivity index (χ3n) is 1.25. The molecule has 2 nitrogen and oxygen atoms in total. The van der Waals surface area contributed by atoms with E-state index in [1.165, 1.54) is 0 Å². The topological polar surface area (TPSA) is 22.1 Å². The smallest absolute Gasteiger partial charge is 0.0951 e. The molecule has 0 spiro atoms. The number of methoxy groups -OCH3 is 1. The zero-order valence-electron chi connectivity index (χ0n) is 6.34. The first-order chi connectivity index (χ1) is 5.36. The van der Waals surface area contributed by atoms with Crippen LogP contribution >= 0.6 is 22.9 Å². The highest BCUT2D eigenvalue weighted by molar-refractivity contribution is 7.11. The lowest BCUT2D eigenvalue weighted by Gasteiger charge is -1.92. The summed E-state index contributed by atoms with van der Waals surface area (Å²) in [5, 5.41) is 1.10. The zero-order valence-corrected chi connectivity index (χ0v) is 7.91. The Labute approximate surface area is 75.2 Å². The van der Waals surface area contributed by atoms with Crippen LogP contribution < -0.4 is 0 Å². The molecule has 0 atom stereocenters. The van der Waals surface area contributed by atoms with Crippen molar-refractivity contribution in [3.8, 4) is 0 Å². The fourth-order valence-corrected chi connectivity index (χ4v) is 1.70. The van der Waals surface area contributed by atoms with Crippen LogP contribution in [0.1, 0.15) is 9.88 Å². The summed E-state index contributed by atoms with van der Waals surface area (Å²) in [4.78, 5) is 5.30. The fourth-order valence-electron chi connectivity index (χ4n) is 0.715. The van der Waals surface area contributed by atoms with Gasteiger partial charge in [-0.2, -0.15) is 0 Å². The Morgan fingerprint density at radius 3 is 3.09 bits per heavy atom. The minimum atomic E-state index is 0.560. The number of alkyl halides is 1. The first-order valence-electron chi connectivity index (χ1n) is 3.35. The van der Waals surface area contributed by atoms with Crippen LogP contribution in [0.3, 0.4) is 0 Å². The molecule has 0 aromatic carbocycles. The summed E-state index contributed by atoms with van der Waals surface area (Å²) >= 11 is 7.26. The monoisotopic (exact) mass is 191 g/mol. The Bertz CT molecular complexity index is 214. The lowest BCUT2D eigenvalue weighted by atomic mass is 10.5. The van der Waals surface area contributed by atoms with E-state index >= 15 is 0 Å². The van der Waals surface area contributed by atoms with Crippen molar-refractivity contribution < 1.29 is 4.74 Å². The molecule has 1 heterocycles. The Kier molecular flexibility index (Phi) is 3.83. The minimum absolute atomic E-state index is 0.560. The van der Waals surface area contributed by atoms with E-state index < -0.39 is 0 Å². The summed E-state index contributed by atoms with van der Waals surface area (Å²) in [5.74, 6) is 0.560. The van der Waals surface area contributed by atoms with Crippen molar-refractivity contribution in [2.45, 2.75) is 12.3 Å². The summed E-state index contributed by atoms with van der Waals surface area (Å²) in [7, 11) is 1.69. The van der Waals surface area contributed by atoms with Crippen molar-refractivity contribution in [1.82, 2.24) is 4.98 Å². The lowest BCUT2D eigenvalue weighted by Crippen LogP contribution is -1.92. The van der Waals surface area contributed by atoms with Gasteiger partial charge in [0.1, 0.15) is 0 Å². The SMILES string of the molecule is COCCc1ncc(CCl)s1. The van der Waals surface area contributed by atoms with Crippen LogP contribution in [0, 0.1) is 0 Å². The van der Waals surface area contributed by atoms with Gasteiger partial charge in [0, 0.05) is 24.6 Å². The Morgan fingerprint density at radius 1 is 1.73 bits per heavy atom. The number of rotatable bonds is 4. The molecule has 0 aliphatic rings. The van der Waals surface area contributed by atoms with Crippen molar-refractivity contribution in [3.63, 3.8) is 0 Å². The zero-order chi connectivity index (χ0) is 8.10. The van der Waals surface area contributed by atoms with Crippen LogP contribution in [-0.2, 0) is 17.0 Å². The van der Waals surface area contributed by atoms with Gasteiger partial charge in [-0.1, -0.05) is 0 Å². The van der Waals surface area contributed by atoms with E-state index in [0.29, 0.717) is 5.88 Å². The molecule has 0 N–H and O–H groups in total. The predicted octanol–water partition coefficient (Wildman–Crippen LogP) is 2.07. The molecule has 0 bridgehead atoms. The molecule has 1 aromatic rings. The van der Waals surface area contributed by atoms with Gasteiger partial charge < -0.3 is 4.74 Å². The van der Waals surface area contributed by atoms with Crippen molar-refractivity contribution in [3.05, 3.63) is 16.1 Å². The molecule has 62 valence electrons. The maximum Gasteiger partial charge on any atom is 0.0951 e. The van der Waals surface area contributed by atoms with E-state index in [1.54, 1.807) is 18.4 Å². The van der Waals surface area contributed by atoms with Gasteiger partial charge in [-0.15, -0.1) is 22.9 Å². The second-order valence-corrected chi connectivity index (χ2v) is 3.56. The summed E-state index contributed by atoms with van der Waals surface area (Å²) in [6.07, 6.45) is 2.71. The highest BCUT2D eigenvalue weighted by atomic mass is 35.5. The molecule has 0 unspecified atom stereocenters. The van der Waals surface area contributed by atoms with E-state index in [2.05, 4.69) is 4.98 Å². The van der Waals surface area contributed by atoms with E-state index in [9.17, 15) is 0 Å². The molecule has 0 amide bonds. The number of aromatic nitrogens is 1. The van der Waals surface area contributed by atoms with Gasteiger partial charge in [0.2, 0.25) is 0 Å². The molecule has 0 fully saturated rings. The van der Waals surface area contributed by atoms with Crippen molar-refractivity contribution >= 4 is 22.9 Å². The van der Waals surface area contributed by atoms with Gasteiger partial charge in [-0.3, -0.25) is 0 Å². The van der Waals surface area contributed by atoms with E-state index in [0.717, 1.165) is 22.9 Å². The first-order valence-corrected chi connectivity index (χ1v) is 4.70. The maximum absolute atomic E-state index is 5.61. The second-order valence-electron chi connectivity index (χ2n) is 2.10. The second kappa shape index (κ2) is 4.70. The molecule has 1 aromatic heterocycles. The van der Waals surface area contributed by atoms with Gasteiger partial charge in [-0.25, -0.2) is 4.98 Å². The third-order valence-corrected chi connectivity index (χ3v) is 2.76. The highest BCUT2D eigenvalue weighted by Crippen LogP contribution is 2.15. The molecule has 0 aliphatic carbocycles. The van der Waals surface area contributed by atoms with Gasteiger partial charge in [0.15, 0.2) is 0 Å². The molecule has 0 saturated carbocycles. The quantitative estimate of drug-likeness (QED) is 0.680. The molecule has 1 rings (SSSR count). The highest BCUT2D eigenvalue weighted by Gasteiger charge is 1.99. The van der Waals surface area contributed by atoms with Crippen LogP contribution in [0.2, 0.25) is 0 Å². The Morgan fingerprint density at radius 2 is 2.55 bits per heavy atom. The van der Waals surface area contributed by atoms with E-state index in [1.807, 2.05) is 6.20 Å². The van der Waals surface area contributed by atoms with Gasteiger partial charge >= 0.3 is 0 Å². The van der Waals surface area contributed by atoms with E-state index in [4.69, 9.17) is 16.3 Å². The van der Waals surface area contributed by atoms with Crippen LogP contribution in [0.25, 0.3) is 0 Å². The van der Waals surface area contributed by atoms with E-state index in [-0.39, 0.29) is 0 Å². The number of hydrogen-bond acceptors (Lipinski definition) is 3. The molecule has 0 radical (unpaired) electrons. The molecule has 0 aliphatic heterocycles. The average Bonchev–Trinajstić information content (AvgIpc) is 2.48. The van der Waals surface area contributed by atoms with Crippen LogP contribution in [0.5, 0.6) is 0 Å². The molecular weight excluding hydrogens is 182 g/mol. The number of hydrogen-bond donors (Lipinski definition) is 0. The van der Waals surface area contributed by atoms with Crippen LogP contribution in [0.4, 0.5) is 0 Å². The number of nitrogens with zero attached hydrogens (tertiary/aromatic N) is 1. The van der Waals surface area contributed by atoms with Crippen LogP contribution in [-0.4, -0.2) is 18.7 Å². The standard InChI is InChI=1S/C7H10ClNOS/c1-10-3-2-7-9-5-6(4-8)11-7/h5H,2-4H2,1H3. The predicted molar refractivity (Wildman–Crippen MR) is 47.3 cm³/mol. The summed E-state index contributed by atoms with van der Waals surface area (Å²) < 4.78 is 4.92. The normalized spacial score (nSPS) is 10.4. The number of thiazole rings is 1. The van der Waals surface area contributed by atoms with Crippen molar-refractivity contribution in [2.75, 3.05) is 13.7 Å². The van der Waals surface area contributed by atoms with Crippen LogP contribution in [0.15, 0.2) is 6.20 Å². The third kappa shape index (κ3) is 2.77. The molecule has 0 saturated heterocycles. The molecule has 4 heteroatoms. The summed E-state index contributed by atoms with van der Waals surface area (Å²) in [6.45, 7) is 0.731. The summed E-state index contributed by atoms with van der Waals surface area (Å²) in [6, 6.07) is 0. The fraction of sp³-hybridized carbons (Fsp3) is 0.571. The molecule has 11 heavy (non-hydrogen) atoms. The number of halogens is 1. The van der Waals surface area contributed by atoms with Crippen molar-refractivity contribution in [1.29, 1.82) is 0 Å². The van der Waals surface area contributed by atoms with Gasteiger partial charge in [-0.05, 0) is 0 Å². The lowest BCUT2D eigenvalue weighted by molar-refractivity contribution is 0.202. The average molecular weight is 192 g/mol. The van der Waals surface area contributed by atoms with Gasteiger partial charge in [0.05, 0.1) is 17.5 Å². The Balaban J connectivity index is 2.44. The van der Waals surface area contributed by atoms with Gasteiger partial charge in [0.25, 0.3) is 0 Å². The van der Waals surface area contributed by atoms with Crippen molar-refractivity contribution in [2.24, 2.45) is 0 Å². The largest absolute Gasteiger partial charge is 0.384 e. The first kappa shape index (κ1) is 8.97. The minimum Gasteiger partial charge on any atom is -0.384 e.